The van der Waals surface area contributed by atoms with Gasteiger partial charge < -0.3 is 44.3 Å². The molecule has 15 heteroatoms. The molecule has 0 aromatic rings. The minimum absolute atomic E-state index is 0. The molecule has 4 amide bonds. The van der Waals surface area contributed by atoms with E-state index in [0.29, 0.717) is 25.2 Å². The van der Waals surface area contributed by atoms with E-state index in [-0.39, 0.29) is 74.2 Å². The minimum atomic E-state index is -0.524. The zero-order valence-electron chi connectivity index (χ0n) is 33.2. The van der Waals surface area contributed by atoms with E-state index in [0.717, 1.165) is 26.2 Å². The highest BCUT2D eigenvalue weighted by Crippen LogP contribution is 2.20. The molecule has 0 aromatic carbocycles. The molecule has 3 heterocycles. The largest absolute Gasteiger partial charge is 0.445 e. The van der Waals surface area contributed by atoms with Gasteiger partial charge in [-0.1, -0.05) is 25.3 Å². The Kier molecular flexibility index (Phi) is 20.6. The van der Waals surface area contributed by atoms with Gasteiger partial charge in [0.05, 0.1) is 12.1 Å². The quantitative estimate of drug-likeness (QED) is 0.274. The van der Waals surface area contributed by atoms with Crippen molar-refractivity contribution in [3.05, 3.63) is 25.3 Å². The molecular formula is C36H67ClN6O8. The number of amides is 4. The second-order valence-corrected chi connectivity index (χ2v) is 15.3. The van der Waals surface area contributed by atoms with Gasteiger partial charge in [-0.15, -0.1) is 12.4 Å². The molecule has 3 aliphatic heterocycles. The van der Waals surface area contributed by atoms with E-state index in [1.165, 1.54) is 6.08 Å². The van der Waals surface area contributed by atoms with E-state index in [9.17, 15) is 19.2 Å². The molecule has 0 aromatic heterocycles. The minimum Gasteiger partial charge on any atom is -0.445 e. The summed E-state index contributed by atoms with van der Waals surface area (Å²) in [6, 6.07) is 0.798. The van der Waals surface area contributed by atoms with Gasteiger partial charge in [-0.05, 0) is 83.1 Å². The van der Waals surface area contributed by atoms with Gasteiger partial charge in [0.2, 0.25) is 0 Å². The van der Waals surface area contributed by atoms with Crippen molar-refractivity contribution in [3.63, 3.8) is 0 Å². The van der Waals surface area contributed by atoms with Crippen molar-refractivity contribution < 1.29 is 38.1 Å². The predicted octanol–water partition coefficient (Wildman–Crippen LogP) is 5.66. The van der Waals surface area contributed by atoms with Crippen LogP contribution >= 0.6 is 12.4 Å². The fraction of sp³-hybridized carbons (Fsp3) is 0.778. The van der Waals surface area contributed by atoms with Crippen molar-refractivity contribution >= 4 is 36.8 Å². The maximum absolute atomic E-state index is 12.1. The summed E-state index contributed by atoms with van der Waals surface area (Å²) < 4.78 is 20.8. The molecule has 3 aliphatic rings. The van der Waals surface area contributed by atoms with Crippen LogP contribution < -0.4 is 10.6 Å². The highest BCUT2D eigenvalue weighted by molar-refractivity contribution is 5.85. The van der Waals surface area contributed by atoms with Crippen molar-refractivity contribution in [2.45, 2.75) is 131 Å². The van der Waals surface area contributed by atoms with E-state index >= 15 is 0 Å². The van der Waals surface area contributed by atoms with Crippen molar-refractivity contribution in [1.29, 1.82) is 0 Å². The van der Waals surface area contributed by atoms with Crippen LogP contribution in [0.25, 0.3) is 0 Å². The van der Waals surface area contributed by atoms with Gasteiger partial charge >= 0.3 is 24.4 Å². The lowest BCUT2D eigenvalue weighted by atomic mass is 10.1. The van der Waals surface area contributed by atoms with E-state index in [1.807, 2.05) is 69.2 Å². The highest BCUT2D eigenvalue weighted by Gasteiger charge is 2.37. The second kappa shape index (κ2) is 22.0. The molecule has 14 nitrogen and oxygen atoms in total. The van der Waals surface area contributed by atoms with Crippen molar-refractivity contribution in [2.75, 3.05) is 52.5 Å². The Hall–Kier alpha value is -3.23. The van der Waals surface area contributed by atoms with E-state index in [4.69, 9.17) is 18.9 Å². The van der Waals surface area contributed by atoms with Gasteiger partial charge in [0.25, 0.3) is 0 Å². The van der Waals surface area contributed by atoms with Crippen LogP contribution in [0.3, 0.4) is 0 Å². The molecule has 0 saturated carbocycles. The Labute approximate surface area is 313 Å². The zero-order valence-corrected chi connectivity index (χ0v) is 34.0. The van der Waals surface area contributed by atoms with E-state index in [1.54, 1.807) is 25.7 Å². The van der Waals surface area contributed by atoms with Crippen LogP contribution in [-0.2, 0) is 18.9 Å². The topological polar surface area (TPSA) is 142 Å². The van der Waals surface area contributed by atoms with Gasteiger partial charge in [-0.2, -0.15) is 0 Å². The lowest BCUT2D eigenvalue weighted by molar-refractivity contribution is -0.00756. The Morgan fingerprint density at radius 2 is 0.941 bits per heavy atom. The molecule has 0 unspecified atom stereocenters. The normalized spacial score (nSPS) is 24.9. The Bertz CT molecular complexity index is 1100. The number of nitrogens with one attached hydrogen (secondary N) is 2. The molecule has 3 fully saturated rings. The van der Waals surface area contributed by atoms with Gasteiger partial charge in [-0.3, -0.25) is 4.90 Å². The molecule has 296 valence electrons. The van der Waals surface area contributed by atoms with Crippen LogP contribution in [0.5, 0.6) is 0 Å². The summed E-state index contributed by atoms with van der Waals surface area (Å²) in [4.78, 5) is 54.3. The lowest BCUT2D eigenvalue weighted by Crippen LogP contribution is -2.60. The third-order valence-corrected chi connectivity index (χ3v) is 7.68. The number of carbonyl (C=O) groups excluding carboxylic acids is 4. The summed E-state index contributed by atoms with van der Waals surface area (Å²) in [6.07, 6.45) is 1.94. The molecule has 2 N–H and O–H groups in total. The van der Waals surface area contributed by atoms with E-state index in [2.05, 4.69) is 37.6 Å². The fourth-order valence-corrected chi connectivity index (χ4v) is 5.86. The third-order valence-electron chi connectivity index (χ3n) is 7.68. The Balaban J connectivity index is 0.000000748. The van der Waals surface area contributed by atoms with Crippen LogP contribution in [-0.4, -0.2) is 144 Å². The Morgan fingerprint density at radius 1 is 0.608 bits per heavy atom. The Morgan fingerprint density at radius 3 is 1.27 bits per heavy atom. The molecule has 51 heavy (non-hydrogen) atoms. The maximum Gasteiger partial charge on any atom is 0.410 e. The molecule has 0 aliphatic carbocycles. The van der Waals surface area contributed by atoms with Gasteiger partial charge in [0.1, 0.15) is 24.4 Å². The smallest absolute Gasteiger partial charge is 0.410 e. The number of hydrogen-bond donors (Lipinski definition) is 2. The number of carbonyl (C=O) groups is 4. The number of halogens is 1. The zero-order chi connectivity index (χ0) is 38.4. The first-order chi connectivity index (χ1) is 23.1. The number of rotatable bonds is 4. The number of nitrogens with zero attached hydrogens (tertiary/aromatic N) is 4. The van der Waals surface area contributed by atoms with Crippen LogP contribution in [0.4, 0.5) is 19.2 Å². The number of hydrogen-bond acceptors (Lipinski definition) is 10. The van der Waals surface area contributed by atoms with Gasteiger partial charge in [-0.25, -0.2) is 19.2 Å². The van der Waals surface area contributed by atoms with Crippen LogP contribution in [0.15, 0.2) is 25.3 Å². The molecule has 3 saturated heterocycles. The number of ether oxygens (including phenoxy) is 4. The second-order valence-electron chi connectivity index (χ2n) is 15.3. The summed E-state index contributed by atoms with van der Waals surface area (Å²) in [5, 5.41) is 6.63. The molecule has 6 atom stereocenters. The van der Waals surface area contributed by atoms with Gasteiger partial charge in [0, 0.05) is 63.4 Å². The van der Waals surface area contributed by atoms with Crippen molar-refractivity contribution in [1.82, 2.24) is 30.2 Å². The van der Waals surface area contributed by atoms with Crippen LogP contribution in [0, 0.1) is 0 Å². The predicted molar refractivity (Wildman–Crippen MR) is 202 cm³/mol. The average Bonchev–Trinajstić information content (AvgIpc) is 2.97. The SMILES string of the molecule is C=CCOC(=O)N1[C@H](C)CN(C(=O)OC(C)(C)C)C[C@@H]1C.C=CCOC(=O)N1[C@H](C)CNC[C@@H]1C.C[C@@H]1CN(C(=O)OC(C)(C)C)C[C@H](C)N1.Cl. The fourth-order valence-electron chi connectivity index (χ4n) is 5.86. The first-order valence-electron chi connectivity index (χ1n) is 17.6. The van der Waals surface area contributed by atoms with Crippen molar-refractivity contribution in [2.24, 2.45) is 0 Å². The lowest BCUT2D eigenvalue weighted by Gasteiger charge is -2.43. The summed E-state index contributed by atoms with van der Waals surface area (Å²) in [6.45, 7) is 34.6. The molecule has 0 bridgehead atoms. The summed E-state index contributed by atoms with van der Waals surface area (Å²) >= 11 is 0. The number of piperazine rings is 3. The van der Waals surface area contributed by atoms with Crippen molar-refractivity contribution in [3.8, 4) is 0 Å². The highest BCUT2D eigenvalue weighted by atomic mass is 35.5. The van der Waals surface area contributed by atoms with Gasteiger partial charge in [0.15, 0.2) is 0 Å². The summed E-state index contributed by atoms with van der Waals surface area (Å²) in [5.41, 5.74) is -0.933. The van der Waals surface area contributed by atoms with E-state index < -0.39 is 11.2 Å². The first-order valence-corrected chi connectivity index (χ1v) is 17.6. The van der Waals surface area contributed by atoms with Crippen LogP contribution in [0.1, 0.15) is 83.1 Å². The van der Waals surface area contributed by atoms with Crippen LogP contribution in [0.2, 0.25) is 0 Å². The third kappa shape index (κ3) is 17.7. The first kappa shape index (κ1) is 47.8. The maximum atomic E-state index is 12.1. The molecule has 0 radical (unpaired) electrons. The average molecular weight is 747 g/mol. The molecule has 0 spiro atoms. The monoisotopic (exact) mass is 746 g/mol. The summed E-state index contributed by atoms with van der Waals surface area (Å²) in [7, 11) is 0. The molecule has 3 rings (SSSR count). The summed E-state index contributed by atoms with van der Waals surface area (Å²) in [5.74, 6) is 0. The molecular weight excluding hydrogens is 680 g/mol. The standard InChI is InChI=1S/C15H26N2O4.C11H22N2O2.C10H18N2O2.ClH/c1-7-8-20-14(19)17-11(2)9-16(10-12(17)3)13(18)21-15(4,5)6;1-8-6-13(7-9(2)12-8)10(14)15-11(3,4)5;1-4-5-14-10(13)12-8(2)6-11-7-9(12)3;/h7,11-12H,1,8-10H2,2-6H3;8-9,12H,6-7H2,1-5H3;4,8-9,11H,1,5-7H2,2-3H3;1H/t11-,12+;2*8-,9+;.